The fourth-order valence-electron chi connectivity index (χ4n) is 3.09. The quantitative estimate of drug-likeness (QED) is 0.783. The van der Waals surface area contributed by atoms with Gasteiger partial charge in [0, 0.05) is 18.3 Å². The van der Waals surface area contributed by atoms with Crippen LogP contribution >= 0.6 is 0 Å². The number of benzene rings is 1. The van der Waals surface area contributed by atoms with Crippen molar-refractivity contribution in [1.29, 1.82) is 0 Å². The maximum Gasteiger partial charge on any atom is 0.125 e. The number of hydrogen-bond acceptors (Lipinski definition) is 2. The highest BCUT2D eigenvalue weighted by molar-refractivity contribution is 5.57. The van der Waals surface area contributed by atoms with Crippen LogP contribution in [0.15, 0.2) is 18.2 Å². The van der Waals surface area contributed by atoms with Crippen LogP contribution in [0, 0.1) is 11.7 Å². The van der Waals surface area contributed by atoms with E-state index in [1.807, 2.05) is 6.07 Å². The SMILES string of the molecule is NCC1CC2CCc3ccc(F)cc3N2C1. The molecule has 0 amide bonds. The molecule has 2 heterocycles. The summed E-state index contributed by atoms with van der Waals surface area (Å²) in [6.07, 6.45) is 3.44. The van der Waals surface area contributed by atoms with E-state index in [0.29, 0.717) is 12.0 Å². The van der Waals surface area contributed by atoms with Crippen LogP contribution in [0.3, 0.4) is 0 Å². The van der Waals surface area contributed by atoms with Gasteiger partial charge < -0.3 is 10.6 Å². The van der Waals surface area contributed by atoms with Crippen molar-refractivity contribution in [1.82, 2.24) is 0 Å². The highest BCUT2D eigenvalue weighted by atomic mass is 19.1. The Hall–Kier alpha value is -1.09. The zero-order valence-electron chi connectivity index (χ0n) is 9.32. The van der Waals surface area contributed by atoms with Crippen molar-refractivity contribution in [2.24, 2.45) is 11.7 Å². The first-order valence-corrected chi connectivity index (χ1v) is 6.03. The summed E-state index contributed by atoms with van der Waals surface area (Å²) < 4.78 is 13.3. The second-order valence-electron chi connectivity index (χ2n) is 4.96. The van der Waals surface area contributed by atoms with Crippen LogP contribution in [0.4, 0.5) is 10.1 Å². The number of aryl methyl sites for hydroxylation is 1. The summed E-state index contributed by atoms with van der Waals surface area (Å²) in [7, 11) is 0. The van der Waals surface area contributed by atoms with Crippen molar-refractivity contribution in [3.63, 3.8) is 0 Å². The lowest BCUT2D eigenvalue weighted by atomic mass is 9.95. The first kappa shape index (κ1) is 10.1. The maximum atomic E-state index is 13.3. The number of nitrogens with zero attached hydrogens (tertiary/aromatic N) is 1. The predicted molar refractivity (Wildman–Crippen MR) is 63.0 cm³/mol. The van der Waals surface area contributed by atoms with Gasteiger partial charge in [-0.2, -0.15) is 0 Å². The fourth-order valence-corrected chi connectivity index (χ4v) is 3.09. The highest BCUT2D eigenvalue weighted by Gasteiger charge is 2.35. The van der Waals surface area contributed by atoms with Crippen LogP contribution in [0.5, 0.6) is 0 Å². The standard InChI is InChI=1S/C13H17FN2/c14-11-3-1-10-2-4-12-5-9(7-15)8-16(12)13(10)6-11/h1,3,6,9,12H,2,4-5,7-8,15H2. The van der Waals surface area contributed by atoms with Gasteiger partial charge in [0.1, 0.15) is 5.82 Å². The van der Waals surface area contributed by atoms with E-state index in [1.165, 1.54) is 18.4 Å². The van der Waals surface area contributed by atoms with Crippen molar-refractivity contribution in [3.05, 3.63) is 29.6 Å². The number of hydrogen-bond donors (Lipinski definition) is 1. The van der Waals surface area contributed by atoms with Gasteiger partial charge in [0.2, 0.25) is 0 Å². The molecule has 2 aliphatic heterocycles. The van der Waals surface area contributed by atoms with Gasteiger partial charge in [-0.25, -0.2) is 4.39 Å². The Morgan fingerprint density at radius 1 is 1.44 bits per heavy atom. The Balaban J connectivity index is 1.96. The minimum Gasteiger partial charge on any atom is -0.368 e. The zero-order valence-corrected chi connectivity index (χ0v) is 9.32. The van der Waals surface area contributed by atoms with E-state index >= 15 is 0 Å². The number of nitrogens with two attached hydrogens (primary N) is 1. The largest absolute Gasteiger partial charge is 0.368 e. The van der Waals surface area contributed by atoms with Gasteiger partial charge in [-0.3, -0.25) is 0 Å². The normalized spacial score (nSPS) is 27.8. The first-order valence-electron chi connectivity index (χ1n) is 6.03. The van der Waals surface area contributed by atoms with E-state index in [9.17, 15) is 4.39 Å². The van der Waals surface area contributed by atoms with Crippen LogP contribution in [-0.2, 0) is 6.42 Å². The monoisotopic (exact) mass is 220 g/mol. The number of rotatable bonds is 1. The molecule has 1 fully saturated rings. The minimum absolute atomic E-state index is 0.129. The molecule has 0 aliphatic carbocycles. The average molecular weight is 220 g/mol. The van der Waals surface area contributed by atoms with Crippen LogP contribution in [-0.4, -0.2) is 19.1 Å². The predicted octanol–water partition coefficient (Wildman–Crippen LogP) is 1.93. The van der Waals surface area contributed by atoms with E-state index in [4.69, 9.17) is 5.73 Å². The van der Waals surface area contributed by atoms with Crippen molar-refractivity contribution < 1.29 is 4.39 Å². The summed E-state index contributed by atoms with van der Waals surface area (Å²) in [5, 5.41) is 0. The molecule has 16 heavy (non-hydrogen) atoms. The lowest BCUT2D eigenvalue weighted by Gasteiger charge is -2.33. The van der Waals surface area contributed by atoms with Crippen LogP contribution in [0.1, 0.15) is 18.4 Å². The molecule has 2 atom stereocenters. The topological polar surface area (TPSA) is 29.3 Å². The number of fused-ring (bicyclic) bond motifs is 3. The van der Waals surface area contributed by atoms with Crippen molar-refractivity contribution >= 4 is 5.69 Å². The Morgan fingerprint density at radius 2 is 2.31 bits per heavy atom. The maximum absolute atomic E-state index is 13.3. The average Bonchev–Trinajstić information content (AvgIpc) is 2.72. The molecule has 2 unspecified atom stereocenters. The van der Waals surface area contributed by atoms with Crippen LogP contribution in [0.2, 0.25) is 0 Å². The smallest absolute Gasteiger partial charge is 0.125 e. The molecule has 2 aliphatic rings. The fraction of sp³-hybridized carbons (Fsp3) is 0.538. The molecular formula is C13H17FN2. The molecule has 1 saturated heterocycles. The van der Waals surface area contributed by atoms with Gasteiger partial charge >= 0.3 is 0 Å². The molecule has 0 bridgehead atoms. The minimum atomic E-state index is -0.129. The second kappa shape index (κ2) is 3.74. The Bertz CT molecular complexity index is 405. The van der Waals surface area contributed by atoms with Gasteiger partial charge in [-0.05, 0) is 49.4 Å². The third kappa shape index (κ3) is 1.50. The molecule has 0 aromatic heterocycles. The summed E-state index contributed by atoms with van der Waals surface area (Å²) in [6, 6.07) is 5.76. The summed E-state index contributed by atoms with van der Waals surface area (Å²) in [5.41, 5.74) is 8.13. The van der Waals surface area contributed by atoms with Gasteiger partial charge in [0.05, 0.1) is 0 Å². The van der Waals surface area contributed by atoms with Crippen LogP contribution < -0.4 is 10.6 Å². The molecule has 1 aromatic carbocycles. The molecule has 0 saturated carbocycles. The molecule has 2 nitrogen and oxygen atoms in total. The van der Waals surface area contributed by atoms with Gasteiger partial charge in [0.25, 0.3) is 0 Å². The van der Waals surface area contributed by atoms with E-state index in [1.54, 1.807) is 12.1 Å². The second-order valence-corrected chi connectivity index (χ2v) is 4.96. The number of anilines is 1. The van der Waals surface area contributed by atoms with Crippen molar-refractivity contribution in [2.45, 2.75) is 25.3 Å². The zero-order chi connectivity index (χ0) is 11.1. The number of halogens is 1. The first-order chi connectivity index (χ1) is 7.78. The van der Waals surface area contributed by atoms with Crippen LogP contribution in [0.25, 0.3) is 0 Å². The lowest BCUT2D eigenvalue weighted by Crippen LogP contribution is -2.34. The van der Waals surface area contributed by atoms with Crippen molar-refractivity contribution in [3.8, 4) is 0 Å². The Labute approximate surface area is 95.2 Å². The molecule has 3 heteroatoms. The van der Waals surface area contributed by atoms with E-state index < -0.39 is 0 Å². The summed E-state index contributed by atoms with van der Waals surface area (Å²) >= 11 is 0. The van der Waals surface area contributed by atoms with Gasteiger partial charge in [-0.1, -0.05) is 6.07 Å². The van der Waals surface area contributed by atoms with E-state index in [0.717, 1.165) is 25.2 Å². The van der Waals surface area contributed by atoms with Crippen molar-refractivity contribution in [2.75, 3.05) is 18.0 Å². The Kier molecular flexibility index (Phi) is 2.36. The lowest BCUT2D eigenvalue weighted by molar-refractivity contribution is 0.536. The van der Waals surface area contributed by atoms with E-state index in [2.05, 4.69) is 4.90 Å². The molecule has 3 rings (SSSR count). The van der Waals surface area contributed by atoms with Gasteiger partial charge in [-0.15, -0.1) is 0 Å². The molecule has 1 aromatic rings. The Morgan fingerprint density at radius 3 is 3.12 bits per heavy atom. The summed E-state index contributed by atoms with van der Waals surface area (Å²) in [5.74, 6) is 0.454. The molecule has 86 valence electrons. The third-order valence-electron chi connectivity index (χ3n) is 3.94. The summed E-state index contributed by atoms with van der Waals surface area (Å²) in [4.78, 5) is 2.36. The molecule has 0 radical (unpaired) electrons. The third-order valence-corrected chi connectivity index (χ3v) is 3.94. The highest BCUT2D eigenvalue weighted by Crippen LogP contribution is 2.38. The molecule has 2 N–H and O–H groups in total. The van der Waals surface area contributed by atoms with E-state index in [-0.39, 0.29) is 5.82 Å². The van der Waals surface area contributed by atoms with Gasteiger partial charge in [0.15, 0.2) is 0 Å². The molecular weight excluding hydrogens is 203 g/mol. The molecule has 0 spiro atoms. The summed E-state index contributed by atoms with van der Waals surface area (Å²) in [6.45, 7) is 1.75.